The van der Waals surface area contributed by atoms with Gasteiger partial charge in [-0.1, -0.05) is 17.7 Å². The summed E-state index contributed by atoms with van der Waals surface area (Å²) >= 11 is 1.18. The molecule has 2 aromatic rings. The highest BCUT2D eigenvalue weighted by atomic mass is 32.2. The lowest BCUT2D eigenvalue weighted by atomic mass is 10.2. The number of carbonyl (C=O) groups is 1. The number of aryl methyl sites for hydroxylation is 1. The summed E-state index contributed by atoms with van der Waals surface area (Å²) in [5, 5.41) is 1.93. The van der Waals surface area contributed by atoms with Gasteiger partial charge >= 0.3 is 5.97 Å². The van der Waals surface area contributed by atoms with Gasteiger partial charge < -0.3 is 13.7 Å². The second kappa shape index (κ2) is 10.1. The van der Waals surface area contributed by atoms with Crippen LogP contribution in [0.25, 0.3) is 0 Å². The molecule has 0 unspecified atom stereocenters. The van der Waals surface area contributed by atoms with Crippen LogP contribution in [0.3, 0.4) is 0 Å². The van der Waals surface area contributed by atoms with E-state index in [2.05, 4.69) is 0 Å². The zero-order valence-electron chi connectivity index (χ0n) is 15.5. The fraction of sp³-hybridized carbons (Fsp3) is 0.316. The van der Waals surface area contributed by atoms with Gasteiger partial charge in [0, 0.05) is 13.6 Å². The summed E-state index contributed by atoms with van der Waals surface area (Å²) in [5.74, 6) is 1.27. The molecule has 140 valence electrons. The summed E-state index contributed by atoms with van der Waals surface area (Å²) in [7, 11) is 4.85. The molecule has 0 N–H and O–H groups in total. The summed E-state index contributed by atoms with van der Waals surface area (Å²) in [6, 6.07) is 15.6. The second-order valence-electron chi connectivity index (χ2n) is 5.56. The Hall–Kier alpha value is -2.22. The number of carbonyl (C=O) groups excluding carboxylic acids is 1. The minimum absolute atomic E-state index is 0.259. The Labute approximate surface area is 159 Å². The SMILES string of the molecule is COSN(C)N(CCC(=O)OC)c1ccc(Oc2ccc(C)cc2)cc1. The first-order chi connectivity index (χ1) is 12.5. The molecule has 0 saturated carbocycles. The lowest BCUT2D eigenvalue weighted by Crippen LogP contribution is -2.37. The van der Waals surface area contributed by atoms with Crippen molar-refractivity contribution in [3.05, 3.63) is 54.1 Å². The zero-order chi connectivity index (χ0) is 18.9. The fourth-order valence-corrected chi connectivity index (χ4v) is 2.78. The molecule has 0 bridgehead atoms. The largest absolute Gasteiger partial charge is 0.469 e. The molecule has 0 heterocycles. The van der Waals surface area contributed by atoms with E-state index in [1.807, 2.05) is 71.9 Å². The van der Waals surface area contributed by atoms with Crippen molar-refractivity contribution in [2.24, 2.45) is 0 Å². The van der Waals surface area contributed by atoms with E-state index in [1.54, 1.807) is 7.11 Å². The van der Waals surface area contributed by atoms with Crippen LogP contribution in [0.4, 0.5) is 5.69 Å². The Morgan fingerprint density at radius 3 is 2.12 bits per heavy atom. The van der Waals surface area contributed by atoms with E-state index in [1.165, 1.54) is 24.9 Å². The number of hydrogen-bond acceptors (Lipinski definition) is 7. The molecule has 2 rings (SSSR count). The van der Waals surface area contributed by atoms with E-state index in [4.69, 9.17) is 13.7 Å². The molecule has 0 aliphatic carbocycles. The maximum atomic E-state index is 11.5. The van der Waals surface area contributed by atoms with Crippen molar-refractivity contribution < 1.29 is 18.5 Å². The normalized spacial score (nSPS) is 10.7. The van der Waals surface area contributed by atoms with E-state index in [0.717, 1.165) is 17.2 Å². The van der Waals surface area contributed by atoms with Crippen molar-refractivity contribution in [3.8, 4) is 11.5 Å². The molecule has 0 spiro atoms. The summed E-state index contributed by atoms with van der Waals surface area (Å²) in [5.41, 5.74) is 2.10. The summed E-state index contributed by atoms with van der Waals surface area (Å²) in [6.07, 6.45) is 0.271. The van der Waals surface area contributed by atoms with Crippen LogP contribution in [0.15, 0.2) is 48.5 Å². The van der Waals surface area contributed by atoms with E-state index in [-0.39, 0.29) is 12.4 Å². The van der Waals surface area contributed by atoms with Gasteiger partial charge in [-0.3, -0.25) is 9.80 Å². The van der Waals surface area contributed by atoms with Crippen molar-refractivity contribution in [1.82, 2.24) is 4.41 Å². The smallest absolute Gasteiger partial charge is 0.307 e. The minimum Gasteiger partial charge on any atom is -0.469 e. The van der Waals surface area contributed by atoms with E-state index >= 15 is 0 Å². The van der Waals surface area contributed by atoms with E-state index in [9.17, 15) is 4.79 Å². The summed E-state index contributed by atoms with van der Waals surface area (Å²) in [4.78, 5) is 11.5. The second-order valence-corrected chi connectivity index (χ2v) is 6.57. The predicted octanol–water partition coefficient (Wildman–Crippen LogP) is 4.21. The quantitative estimate of drug-likeness (QED) is 0.281. The number of methoxy groups -OCH3 is 1. The van der Waals surface area contributed by atoms with Crippen LogP contribution >= 0.6 is 12.2 Å². The van der Waals surface area contributed by atoms with Crippen molar-refractivity contribution in [3.63, 3.8) is 0 Å². The predicted molar refractivity (Wildman–Crippen MR) is 104 cm³/mol. The molecule has 7 heteroatoms. The third-order valence-electron chi connectivity index (χ3n) is 3.67. The van der Waals surface area contributed by atoms with Crippen molar-refractivity contribution in [1.29, 1.82) is 0 Å². The van der Waals surface area contributed by atoms with Crippen molar-refractivity contribution in [2.45, 2.75) is 13.3 Å². The van der Waals surface area contributed by atoms with Crippen LogP contribution in [-0.2, 0) is 13.7 Å². The van der Waals surface area contributed by atoms with Crippen LogP contribution in [0, 0.1) is 6.92 Å². The maximum absolute atomic E-state index is 11.5. The van der Waals surface area contributed by atoms with Crippen molar-refractivity contribution in [2.75, 3.05) is 32.8 Å². The maximum Gasteiger partial charge on any atom is 0.307 e. The van der Waals surface area contributed by atoms with Crippen LogP contribution in [-0.4, -0.2) is 38.2 Å². The van der Waals surface area contributed by atoms with Gasteiger partial charge in [0.05, 0.1) is 26.3 Å². The lowest BCUT2D eigenvalue weighted by Gasteiger charge is -2.31. The monoisotopic (exact) mass is 376 g/mol. The van der Waals surface area contributed by atoms with Gasteiger partial charge in [0.1, 0.15) is 23.7 Å². The molecule has 6 nitrogen and oxygen atoms in total. The number of ether oxygens (including phenoxy) is 2. The number of hydrazine groups is 1. The highest BCUT2D eigenvalue weighted by Crippen LogP contribution is 2.27. The number of benzene rings is 2. The number of esters is 1. The molecule has 0 aromatic heterocycles. The summed E-state index contributed by atoms with van der Waals surface area (Å²) < 4.78 is 17.5. The Morgan fingerprint density at radius 1 is 1.00 bits per heavy atom. The molecule has 0 saturated heterocycles. The Kier molecular flexibility index (Phi) is 7.77. The van der Waals surface area contributed by atoms with Crippen LogP contribution < -0.4 is 9.75 Å². The van der Waals surface area contributed by atoms with Gasteiger partial charge in [0.15, 0.2) is 0 Å². The molecule has 0 atom stereocenters. The first-order valence-corrected chi connectivity index (χ1v) is 8.86. The molecular weight excluding hydrogens is 352 g/mol. The highest BCUT2D eigenvalue weighted by molar-refractivity contribution is 7.92. The Bertz CT molecular complexity index is 692. The molecule has 0 fully saturated rings. The molecule has 0 amide bonds. The zero-order valence-corrected chi connectivity index (χ0v) is 16.3. The molecular formula is C19H24N2O4S. The lowest BCUT2D eigenvalue weighted by molar-refractivity contribution is -0.140. The van der Waals surface area contributed by atoms with E-state index < -0.39 is 0 Å². The molecule has 0 aliphatic heterocycles. The number of anilines is 1. The van der Waals surface area contributed by atoms with Crippen LogP contribution in [0.5, 0.6) is 11.5 Å². The van der Waals surface area contributed by atoms with Gasteiger partial charge in [0.25, 0.3) is 0 Å². The first-order valence-electron chi connectivity index (χ1n) is 8.17. The topological polar surface area (TPSA) is 51.2 Å². The number of nitrogens with zero attached hydrogens (tertiary/aromatic N) is 2. The van der Waals surface area contributed by atoms with Crippen molar-refractivity contribution >= 4 is 23.9 Å². The third kappa shape index (κ3) is 5.94. The van der Waals surface area contributed by atoms with E-state index in [0.29, 0.717) is 6.54 Å². The fourth-order valence-electron chi connectivity index (χ4n) is 2.31. The summed E-state index contributed by atoms with van der Waals surface area (Å²) in [6.45, 7) is 2.51. The highest BCUT2D eigenvalue weighted by Gasteiger charge is 2.15. The molecule has 0 radical (unpaired) electrons. The number of rotatable bonds is 9. The standard InChI is InChI=1S/C19H24N2O4S/c1-15-5-9-17(10-6-15)25-18-11-7-16(8-12-18)21(20(2)26-24-4)14-13-19(22)23-3/h5-12H,13-14H2,1-4H3. The Morgan fingerprint density at radius 2 is 1.58 bits per heavy atom. The van der Waals surface area contributed by atoms with Gasteiger partial charge in [-0.2, -0.15) is 0 Å². The molecule has 0 aliphatic rings. The molecule has 26 heavy (non-hydrogen) atoms. The van der Waals surface area contributed by atoms with Gasteiger partial charge in [-0.25, -0.2) is 0 Å². The Balaban J connectivity index is 2.09. The average Bonchev–Trinajstić information content (AvgIpc) is 2.65. The van der Waals surface area contributed by atoms with Gasteiger partial charge in [-0.15, -0.1) is 4.41 Å². The average molecular weight is 376 g/mol. The van der Waals surface area contributed by atoms with Gasteiger partial charge in [-0.05, 0) is 43.3 Å². The minimum atomic E-state index is -0.259. The third-order valence-corrected chi connectivity index (χ3v) is 4.23. The number of hydrogen-bond donors (Lipinski definition) is 0. The molecule has 2 aromatic carbocycles. The van der Waals surface area contributed by atoms with Crippen LogP contribution in [0.2, 0.25) is 0 Å². The van der Waals surface area contributed by atoms with Gasteiger partial charge in [0.2, 0.25) is 0 Å². The first kappa shape index (κ1) is 20.1. The van der Waals surface area contributed by atoms with Crippen LogP contribution in [0.1, 0.15) is 12.0 Å².